The molecule has 2 heterocycles. The van der Waals surface area contributed by atoms with Crippen LogP contribution in [0.1, 0.15) is 28.5 Å². The fourth-order valence-electron chi connectivity index (χ4n) is 2.87. The lowest BCUT2D eigenvalue weighted by Gasteiger charge is -2.07. The molecule has 4 rings (SSSR count). The fourth-order valence-corrected chi connectivity index (χ4v) is 3.17. The molecule has 12 heteroatoms. The lowest BCUT2D eigenvalue weighted by atomic mass is 10.1. The van der Waals surface area contributed by atoms with Crippen molar-refractivity contribution in [1.29, 1.82) is 0 Å². The van der Waals surface area contributed by atoms with Crippen molar-refractivity contribution in [2.45, 2.75) is 13.8 Å². The number of rotatable bonds is 5. The molecule has 0 atom stereocenters. The zero-order valence-corrected chi connectivity index (χ0v) is 18.4. The Morgan fingerprint density at radius 2 is 1.88 bits per heavy atom. The van der Waals surface area contributed by atoms with E-state index in [1.165, 1.54) is 4.68 Å². The first-order chi connectivity index (χ1) is 15.3. The smallest absolute Gasteiger partial charge is 0.294 e. The van der Waals surface area contributed by atoms with Crippen LogP contribution in [-0.2, 0) is 0 Å². The number of aromatic nitrogens is 5. The number of nitrogens with one attached hydrogen (secondary N) is 1. The maximum absolute atomic E-state index is 13.0. The highest BCUT2D eigenvalue weighted by Crippen LogP contribution is 2.31. The minimum absolute atomic E-state index is 0.0311. The van der Waals surface area contributed by atoms with Crippen molar-refractivity contribution in [2.75, 3.05) is 5.73 Å². The zero-order valence-electron chi connectivity index (χ0n) is 16.9. The molecule has 0 fully saturated rings. The highest BCUT2D eigenvalue weighted by Gasteiger charge is 2.25. The summed E-state index contributed by atoms with van der Waals surface area (Å²) in [6.45, 7) is 3.77. The minimum atomic E-state index is -0.598. The third-order valence-corrected chi connectivity index (χ3v) is 5.31. The van der Waals surface area contributed by atoms with Crippen LogP contribution in [0.3, 0.4) is 0 Å². The van der Waals surface area contributed by atoms with E-state index < -0.39 is 5.91 Å². The van der Waals surface area contributed by atoms with Crippen LogP contribution >= 0.6 is 23.2 Å². The first kappa shape index (κ1) is 21.5. The topological polar surface area (TPSA) is 137 Å². The SMILES string of the molecule is C/C(=N/NC(=O)c1nnn(-c2nonc2N)c1-c1ccc(Cl)c(Cl)c1)c1ccc(C)cc1. The standard InChI is InChI=1S/C20H16Cl2N8O2/c1-10-3-5-12(6-4-10)11(2)24-26-20(31)16-17(13-7-8-14(21)15(22)9-13)30(29-25-16)19-18(23)27-32-28-19/h3-9H,1-2H3,(H2,23,27)(H,26,31)/b24-11-. The van der Waals surface area contributed by atoms with Crippen molar-refractivity contribution in [1.82, 2.24) is 30.7 Å². The van der Waals surface area contributed by atoms with Crippen LogP contribution in [-0.4, -0.2) is 36.9 Å². The number of hydrogen-bond acceptors (Lipinski definition) is 8. The van der Waals surface area contributed by atoms with E-state index in [0.717, 1.165) is 11.1 Å². The van der Waals surface area contributed by atoms with Crippen molar-refractivity contribution < 1.29 is 9.42 Å². The minimum Gasteiger partial charge on any atom is -0.378 e. The largest absolute Gasteiger partial charge is 0.378 e. The fraction of sp³-hybridized carbons (Fsp3) is 0.100. The molecule has 1 amide bonds. The Hall–Kier alpha value is -3.76. The number of amides is 1. The van der Waals surface area contributed by atoms with Gasteiger partial charge in [0.05, 0.1) is 15.8 Å². The Labute approximate surface area is 192 Å². The van der Waals surface area contributed by atoms with Gasteiger partial charge >= 0.3 is 0 Å². The maximum Gasteiger partial charge on any atom is 0.294 e. The normalized spacial score (nSPS) is 11.6. The first-order valence-corrected chi connectivity index (χ1v) is 10.0. The summed E-state index contributed by atoms with van der Waals surface area (Å²) in [7, 11) is 0. The molecule has 0 radical (unpaired) electrons. The molecule has 0 bridgehead atoms. The van der Waals surface area contributed by atoms with Crippen molar-refractivity contribution in [2.24, 2.45) is 5.10 Å². The van der Waals surface area contributed by atoms with Gasteiger partial charge in [-0.25, -0.2) is 10.1 Å². The third kappa shape index (κ3) is 4.18. The quantitative estimate of drug-likeness (QED) is 0.335. The van der Waals surface area contributed by atoms with E-state index in [9.17, 15) is 4.79 Å². The summed E-state index contributed by atoms with van der Waals surface area (Å²) in [6, 6.07) is 12.6. The lowest BCUT2D eigenvalue weighted by Crippen LogP contribution is -2.21. The number of anilines is 1. The second kappa shape index (κ2) is 8.77. The summed E-state index contributed by atoms with van der Waals surface area (Å²) in [5, 5.41) is 20.1. The Morgan fingerprint density at radius 1 is 1.12 bits per heavy atom. The van der Waals surface area contributed by atoms with E-state index in [0.29, 0.717) is 16.3 Å². The van der Waals surface area contributed by atoms with E-state index in [4.69, 9.17) is 28.9 Å². The van der Waals surface area contributed by atoms with Gasteiger partial charge in [0.15, 0.2) is 5.69 Å². The third-order valence-electron chi connectivity index (χ3n) is 4.57. The predicted molar refractivity (Wildman–Crippen MR) is 120 cm³/mol. The number of aryl methyl sites for hydroxylation is 1. The van der Waals surface area contributed by atoms with Crippen molar-refractivity contribution >= 4 is 40.6 Å². The van der Waals surface area contributed by atoms with Gasteiger partial charge in [0.2, 0.25) is 11.6 Å². The average Bonchev–Trinajstić information content (AvgIpc) is 3.40. The van der Waals surface area contributed by atoms with E-state index >= 15 is 0 Å². The summed E-state index contributed by atoms with van der Waals surface area (Å²) in [5.74, 6) is -0.563. The van der Waals surface area contributed by atoms with Crippen LogP contribution in [0.5, 0.6) is 0 Å². The van der Waals surface area contributed by atoms with E-state index in [1.807, 2.05) is 31.2 Å². The van der Waals surface area contributed by atoms with Gasteiger partial charge in [-0.05, 0) is 41.9 Å². The number of nitrogen functional groups attached to an aromatic ring is 1. The van der Waals surface area contributed by atoms with Gasteiger partial charge in [-0.2, -0.15) is 9.78 Å². The summed E-state index contributed by atoms with van der Waals surface area (Å²) >= 11 is 12.2. The first-order valence-electron chi connectivity index (χ1n) is 9.26. The molecule has 10 nitrogen and oxygen atoms in total. The number of hydrazone groups is 1. The molecule has 0 spiro atoms. The van der Waals surface area contributed by atoms with Crippen molar-refractivity contribution in [3.63, 3.8) is 0 Å². The molecule has 2 aromatic heterocycles. The van der Waals surface area contributed by atoms with Crippen LogP contribution < -0.4 is 11.2 Å². The zero-order chi connectivity index (χ0) is 22.8. The van der Waals surface area contributed by atoms with Gasteiger partial charge in [-0.1, -0.05) is 64.3 Å². The van der Waals surface area contributed by atoms with Crippen LogP contribution in [0, 0.1) is 6.92 Å². The summed E-state index contributed by atoms with van der Waals surface area (Å²) in [4.78, 5) is 13.0. The monoisotopic (exact) mass is 470 g/mol. The molecular formula is C20H16Cl2N8O2. The summed E-state index contributed by atoms with van der Waals surface area (Å²) in [6.07, 6.45) is 0. The highest BCUT2D eigenvalue weighted by molar-refractivity contribution is 6.42. The molecule has 0 saturated carbocycles. The van der Waals surface area contributed by atoms with Crippen LogP contribution in [0.2, 0.25) is 10.0 Å². The molecule has 2 aromatic carbocycles. The second-order valence-electron chi connectivity index (χ2n) is 6.80. The van der Waals surface area contributed by atoms with Crippen LogP contribution in [0.4, 0.5) is 5.82 Å². The molecule has 4 aromatic rings. The molecule has 0 aliphatic rings. The Bertz CT molecular complexity index is 1330. The van der Waals surface area contributed by atoms with Gasteiger partial charge in [0.25, 0.3) is 5.91 Å². The second-order valence-corrected chi connectivity index (χ2v) is 7.62. The molecule has 0 unspecified atom stereocenters. The molecule has 3 N–H and O–H groups in total. The Kier molecular flexibility index (Phi) is 5.89. The molecule has 0 aliphatic heterocycles. The number of hydrogen-bond donors (Lipinski definition) is 2. The van der Waals surface area contributed by atoms with Crippen molar-refractivity contribution in [3.8, 4) is 17.1 Å². The van der Waals surface area contributed by atoms with Gasteiger partial charge < -0.3 is 5.73 Å². The molecule has 0 aliphatic carbocycles. The molecular weight excluding hydrogens is 455 g/mol. The number of carbonyl (C=O) groups excluding carboxylic acids is 1. The Morgan fingerprint density at radius 3 is 2.53 bits per heavy atom. The average molecular weight is 471 g/mol. The Balaban J connectivity index is 1.73. The highest BCUT2D eigenvalue weighted by atomic mass is 35.5. The number of nitrogens with zero attached hydrogens (tertiary/aromatic N) is 6. The summed E-state index contributed by atoms with van der Waals surface area (Å²) < 4.78 is 5.89. The maximum atomic E-state index is 13.0. The van der Waals surface area contributed by atoms with Gasteiger partial charge in [0, 0.05) is 5.56 Å². The van der Waals surface area contributed by atoms with Crippen molar-refractivity contribution in [3.05, 3.63) is 69.3 Å². The lowest BCUT2D eigenvalue weighted by molar-refractivity contribution is 0.0950. The molecule has 0 saturated heterocycles. The van der Waals surface area contributed by atoms with Crippen LogP contribution in [0.15, 0.2) is 52.2 Å². The number of benzene rings is 2. The van der Waals surface area contributed by atoms with E-state index in [-0.39, 0.29) is 28.0 Å². The number of halogens is 2. The van der Waals surface area contributed by atoms with E-state index in [2.05, 4.69) is 35.8 Å². The van der Waals surface area contributed by atoms with Crippen LogP contribution in [0.25, 0.3) is 17.1 Å². The van der Waals surface area contributed by atoms with Gasteiger partial charge in [-0.15, -0.1) is 5.10 Å². The molecule has 162 valence electrons. The predicted octanol–water partition coefficient (Wildman–Crippen LogP) is 3.67. The van der Waals surface area contributed by atoms with Gasteiger partial charge in [0.1, 0.15) is 5.69 Å². The number of carbonyl (C=O) groups is 1. The van der Waals surface area contributed by atoms with E-state index in [1.54, 1.807) is 25.1 Å². The molecule has 32 heavy (non-hydrogen) atoms. The van der Waals surface area contributed by atoms with Gasteiger partial charge in [-0.3, -0.25) is 4.79 Å². The number of nitrogens with two attached hydrogens (primary N) is 1. The summed E-state index contributed by atoms with van der Waals surface area (Å²) in [5.41, 5.74) is 11.6.